The van der Waals surface area contributed by atoms with Gasteiger partial charge in [-0.25, -0.2) is 4.98 Å². The number of carbonyl (C=O) groups is 1. The second kappa shape index (κ2) is 7.07. The molecule has 0 bridgehead atoms. The maximum absolute atomic E-state index is 12.2. The standard InChI is InChI=1S/C13H20N6OS/c1-3-5-15-13-18-11(14)10(21-13)12(20)17-9(2)8-19-7-4-6-16-19/h4,6-7,9H,3,5,8,14H2,1-2H3,(H,15,18)(H,17,20). The van der Waals surface area contributed by atoms with Crippen LogP contribution in [0.1, 0.15) is 29.9 Å². The van der Waals surface area contributed by atoms with Crippen molar-refractivity contribution in [2.75, 3.05) is 17.6 Å². The van der Waals surface area contributed by atoms with Gasteiger partial charge in [-0.3, -0.25) is 9.48 Å². The number of aromatic nitrogens is 3. The molecule has 114 valence electrons. The monoisotopic (exact) mass is 308 g/mol. The SMILES string of the molecule is CCCNc1nc(N)c(C(=O)NC(C)Cn2cccn2)s1. The van der Waals surface area contributed by atoms with Crippen molar-refractivity contribution in [2.45, 2.75) is 32.9 Å². The normalized spacial score (nSPS) is 12.1. The average molecular weight is 308 g/mol. The van der Waals surface area contributed by atoms with Crippen LogP contribution in [0, 0.1) is 0 Å². The van der Waals surface area contributed by atoms with E-state index in [2.05, 4.69) is 27.6 Å². The molecular weight excluding hydrogens is 288 g/mol. The zero-order valence-electron chi connectivity index (χ0n) is 12.2. The number of rotatable bonds is 7. The first-order valence-corrected chi connectivity index (χ1v) is 7.70. The Balaban J connectivity index is 1.94. The van der Waals surface area contributed by atoms with E-state index in [0.29, 0.717) is 16.6 Å². The molecule has 4 N–H and O–H groups in total. The van der Waals surface area contributed by atoms with Gasteiger partial charge < -0.3 is 16.4 Å². The molecule has 2 rings (SSSR count). The molecule has 1 atom stereocenters. The number of nitrogens with zero attached hydrogens (tertiary/aromatic N) is 3. The van der Waals surface area contributed by atoms with E-state index in [0.717, 1.165) is 13.0 Å². The minimum Gasteiger partial charge on any atom is -0.382 e. The largest absolute Gasteiger partial charge is 0.382 e. The van der Waals surface area contributed by atoms with Crippen molar-refractivity contribution in [2.24, 2.45) is 0 Å². The molecule has 1 unspecified atom stereocenters. The molecule has 2 aromatic heterocycles. The molecule has 0 spiro atoms. The van der Waals surface area contributed by atoms with Crippen molar-refractivity contribution >= 4 is 28.2 Å². The molecule has 0 aromatic carbocycles. The first kappa shape index (κ1) is 15.3. The van der Waals surface area contributed by atoms with Crippen molar-refractivity contribution in [1.82, 2.24) is 20.1 Å². The Hall–Kier alpha value is -2.09. The molecule has 0 aliphatic heterocycles. The molecule has 0 radical (unpaired) electrons. The van der Waals surface area contributed by atoms with E-state index >= 15 is 0 Å². The summed E-state index contributed by atoms with van der Waals surface area (Å²) in [6, 6.07) is 1.80. The molecule has 8 heteroatoms. The van der Waals surface area contributed by atoms with Gasteiger partial charge in [-0.15, -0.1) is 0 Å². The summed E-state index contributed by atoms with van der Waals surface area (Å²) in [7, 11) is 0. The van der Waals surface area contributed by atoms with Gasteiger partial charge in [-0.05, 0) is 19.4 Å². The number of hydrogen-bond donors (Lipinski definition) is 3. The van der Waals surface area contributed by atoms with Crippen molar-refractivity contribution in [3.05, 3.63) is 23.3 Å². The minimum absolute atomic E-state index is 0.0500. The highest BCUT2D eigenvalue weighted by Crippen LogP contribution is 2.24. The van der Waals surface area contributed by atoms with E-state index in [-0.39, 0.29) is 17.8 Å². The highest BCUT2D eigenvalue weighted by atomic mass is 32.1. The van der Waals surface area contributed by atoms with Crippen LogP contribution < -0.4 is 16.4 Å². The summed E-state index contributed by atoms with van der Waals surface area (Å²) in [5, 5.41) is 10.8. The smallest absolute Gasteiger partial charge is 0.265 e. The Bertz CT molecular complexity index is 580. The van der Waals surface area contributed by atoms with Crippen LogP contribution in [0.15, 0.2) is 18.5 Å². The predicted molar refractivity (Wildman–Crippen MR) is 84.5 cm³/mol. The van der Waals surface area contributed by atoms with Crippen molar-refractivity contribution in [3.8, 4) is 0 Å². The van der Waals surface area contributed by atoms with Crippen LogP contribution in [0.2, 0.25) is 0 Å². The molecule has 2 aromatic rings. The van der Waals surface area contributed by atoms with Crippen LogP contribution in [0.25, 0.3) is 0 Å². The maximum Gasteiger partial charge on any atom is 0.265 e. The van der Waals surface area contributed by atoms with Crippen LogP contribution in [0.5, 0.6) is 0 Å². The van der Waals surface area contributed by atoms with Gasteiger partial charge >= 0.3 is 0 Å². The molecule has 0 aliphatic carbocycles. The van der Waals surface area contributed by atoms with Gasteiger partial charge in [0.05, 0.1) is 6.54 Å². The van der Waals surface area contributed by atoms with Gasteiger partial charge in [0.25, 0.3) is 5.91 Å². The van der Waals surface area contributed by atoms with Gasteiger partial charge in [0, 0.05) is 25.0 Å². The zero-order valence-corrected chi connectivity index (χ0v) is 13.0. The summed E-state index contributed by atoms with van der Waals surface area (Å²) in [6.07, 6.45) is 4.56. The summed E-state index contributed by atoms with van der Waals surface area (Å²) in [5.41, 5.74) is 5.81. The minimum atomic E-state index is -0.200. The number of amides is 1. The fourth-order valence-corrected chi connectivity index (χ4v) is 2.64. The number of nitrogen functional groups attached to an aromatic ring is 1. The topological polar surface area (TPSA) is 97.9 Å². The number of anilines is 2. The van der Waals surface area contributed by atoms with E-state index in [1.807, 2.05) is 19.2 Å². The fourth-order valence-electron chi connectivity index (χ4n) is 1.83. The molecule has 7 nitrogen and oxygen atoms in total. The van der Waals surface area contributed by atoms with E-state index in [4.69, 9.17) is 5.73 Å². The van der Waals surface area contributed by atoms with E-state index < -0.39 is 0 Å². The molecule has 21 heavy (non-hydrogen) atoms. The Labute approximate surface area is 127 Å². The molecular formula is C13H20N6OS. The molecule has 0 saturated heterocycles. The second-order valence-corrected chi connectivity index (χ2v) is 5.76. The highest BCUT2D eigenvalue weighted by Gasteiger charge is 2.18. The van der Waals surface area contributed by atoms with E-state index in [1.165, 1.54) is 11.3 Å². The Morgan fingerprint density at radius 2 is 2.38 bits per heavy atom. The number of nitrogens with two attached hydrogens (primary N) is 1. The zero-order chi connectivity index (χ0) is 15.2. The van der Waals surface area contributed by atoms with E-state index in [1.54, 1.807) is 10.9 Å². The van der Waals surface area contributed by atoms with E-state index in [9.17, 15) is 4.79 Å². The molecule has 0 saturated carbocycles. The van der Waals surface area contributed by atoms with Gasteiger partial charge in [-0.2, -0.15) is 5.10 Å². The molecule has 0 fully saturated rings. The summed E-state index contributed by atoms with van der Waals surface area (Å²) in [4.78, 5) is 16.8. The second-order valence-electron chi connectivity index (χ2n) is 4.76. The summed E-state index contributed by atoms with van der Waals surface area (Å²) < 4.78 is 1.77. The Kier molecular flexibility index (Phi) is 5.15. The summed E-state index contributed by atoms with van der Waals surface area (Å²) in [5.74, 6) is 0.0663. The third-order valence-corrected chi connectivity index (χ3v) is 3.81. The lowest BCUT2D eigenvalue weighted by atomic mass is 10.3. The predicted octanol–water partition coefficient (Wildman–Crippen LogP) is 1.56. The van der Waals surface area contributed by atoms with Gasteiger partial charge in [0.2, 0.25) is 0 Å². The first-order valence-electron chi connectivity index (χ1n) is 6.88. The molecule has 0 aliphatic rings. The third kappa shape index (κ3) is 4.19. The highest BCUT2D eigenvalue weighted by molar-refractivity contribution is 7.18. The van der Waals surface area contributed by atoms with Crippen LogP contribution in [0.4, 0.5) is 10.9 Å². The van der Waals surface area contributed by atoms with Crippen molar-refractivity contribution in [1.29, 1.82) is 0 Å². The Morgan fingerprint density at radius 1 is 1.57 bits per heavy atom. The van der Waals surface area contributed by atoms with Gasteiger partial charge in [0.15, 0.2) is 5.13 Å². The summed E-state index contributed by atoms with van der Waals surface area (Å²) >= 11 is 1.28. The lowest BCUT2D eigenvalue weighted by Crippen LogP contribution is -2.35. The summed E-state index contributed by atoms with van der Waals surface area (Å²) in [6.45, 7) is 5.41. The quantitative estimate of drug-likeness (QED) is 0.721. The lowest BCUT2D eigenvalue weighted by Gasteiger charge is -2.13. The van der Waals surface area contributed by atoms with Gasteiger partial charge in [-0.1, -0.05) is 18.3 Å². The van der Waals surface area contributed by atoms with Crippen LogP contribution in [0.3, 0.4) is 0 Å². The van der Waals surface area contributed by atoms with Crippen molar-refractivity contribution in [3.63, 3.8) is 0 Å². The van der Waals surface area contributed by atoms with Crippen LogP contribution >= 0.6 is 11.3 Å². The number of nitrogens with one attached hydrogen (secondary N) is 2. The maximum atomic E-state index is 12.2. The number of thiazole rings is 1. The molecule has 2 heterocycles. The molecule has 1 amide bonds. The number of carbonyl (C=O) groups excluding carboxylic acids is 1. The van der Waals surface area contributed by atoms with Crippen LogP contribution in [-0.4, -0.2) is 33.3 Å². The first-order chi connectivity index (χ1) is 10.1. The lowest BCUT2D eigenvalue weighted by molar-refractivity contribution is 0.0941. The Morgan fingerprint density at radius 3 is 3.05 bits per heavy atom. The number of hydrogen-bond acceptors (Lipinski definition) is 6. The third-order valence-electron chi connectivity index (χ3n) is 2.78. The van der Waals surface area contributed by atoms with Crippen LogP contribution in [-0.2, 0) is 6.54 Å². The van der Waals surface area contributed by atoms with Gasteiger partial charge in [0.1, 0.15) is 10.7 Å². The average Bonchev–Trinajstić information content (AvgIpc) is 3.05. The van der Waals surface area contributed by atoms with Crippen molar-refractivity contribution < 1.29 is 4.79 Å². The fraction of sp³-hybridized carbons (Fsp3) is 0.462.